The smallest absolute Gasteiger partial charge is 0.228 e. The summed E-state index contributed by atoms with van der Waals surface area (Å²) < 4.78 is 17.6. The number of benzene rings is 5. The summed E-state index contributed by atoms with van der Waals surface area (Å²) in [5.74, 6) is -0.0586. The molecule has 0 unspecified atom stereocenters. The molecule has 47 heavy (non-hydrogen) atoms. The predicted molar refractivity (Wildman–Crippen MR) is 188 cm³/mol. The molecule has 5 nitrogen and oxygen atoms in total. The molecule has 1 saturated heterocycles. The van der Waals surface area contributed by atoms with Gasteiger partial charge in [-0.05, 0) is 92.0 Å². The molecule has 0 radical (unpaired) electrons. The summed E-state index contributed by atoms with van der Waals surface area (Å²) in [6.07, 6.45) is 1.56. The van der Waals surface area contributed by atoms with Gasteiger partial charge in [-0.15, -0.1) is 0 Å². The van der Waals surface area contributed by atoms with Crippen LogP contribution in [0.2, 0.25) is 5.02 Å². The van der Waals surface area contributed by atoms with Gasteiger partial charge in [0.2, 0.25) is 5.91 Å². The molecule has 7 heteroatoms. The lowest BCUT2D eigenvalue weighted by atomic mass is 9.77. The Hall–Kier alpha value is -4.78. The molecule has 236 valence electrons. The van der Waals surface area contributed by atoms with Crippen molar-refractivity contribution in [3.05, 3.63) is 154 Å². The average Bonchev–Trinajstić information content (AvgIpc) is 3.45. The number of rotatable bonds is 7. The molecular weight excluding hydrogens is 607 g/mol. The highest BCUT2D eigenvalue weighted by Gasteiger charge is 2.41. The predicted octanol–water partition coefficient (Wildman–Crippen LogP) is 8.92. The molecule has 7 rings (SSSR count). The lowest BCUT2D eigenvalue weighted by Crippen LogP contribution is -2.39. The van der Waals surface area contributed by atoms with Crippen LogP contribution in [0.4, 0.5) is 10.2 Å². The van der Waals surface area contributed by atoms with E-state index < -0.39 is 5.54 Å². The number of carbonyl (C=O) groups is 1. The number of aromatic nitrogens is 2. The summed E-state index contributed by atoms with van der Waals surface area (Å²) in [6.45, 7) is 3.44. The van der Waals surface area contributed by atoms with Crippen LogP contribution in [0.25, 0.3) is 22.0 Å². The molecule has 6 aromatic rings. The number of fused-ring (bicyclic) bond motifs is 1. The Kier molecular flexibility index (Phi) is 8.39. The van der Waals surface area contributed by atoms with Crippen LogP contribution in [0, 0.1) is 18.7 Å². The van der Waals surface area contributed by atoms with Crippen molar-refractivity contribution in [1.82, 2.24) is 14.7 Å². The van der Waals surface area contributed by atoms with Gasteiger partial charge in [-0.2, -0.15) is 5.10 Å². The highest BCUT2D eigenvalue weighted by molar-refractivity contribution is 6.31. The number of halogens is 2. The van der Waals surface area contributed by atoms with Gasteiger partial charge in [-0.1, -0.05) is 109 Å². The Labute approximate surface area is 279 Å². The van der Waals surface area contributed by atoms with E-state index in [1.54, 1.807) is 19.1 Å². The van der Waals surface area contributed by atoms with Crippen molar-refractivity contribution in [3.8, 4) is 11.1 Å². The lowest BCUT2D eigenvalue weighted by molar-refractivity contribution is -0.121. The van der Waals surface area contributed by atoms with Crippen LogP contribution in [0.3, 0.4) is 0 Å². The van der Waals surface area contributed by atoms with Gasteiger partial charge < -0.3 is 10.2 Å². The summed E-state index contributed by atoms with van der Waals surface area (Å²) >= 11 is 6.41. The quantitative estimate of drug-likeness (QED) is 0.177. The van der Waals surface area contributed by atoms with E-state index in [1.807, 2.05) is 77.5 Å². The SMILES string of the molecule is Cc1cc(Cl)cc(-c2ccc3c(c2)c(NC(=O)C2CCN(C)CC2)nn3C(c2ccccc2)(c2ccccc2)c2ccccc2)c1F. The topological polar surface area (TPSA) is 50.2 Å². The van der Waals surface area contributed by atoms with Gasteiger partial charge in [-0.25, -0.2) is 9.07 Å². The van der Waals surface area contributed by atoms with Crippen molar-refractivity contribution in [2.75, 3.05) is 25.5 Å². The number of anilines is 1. The zero-order valence-electron chi connectivity index (χ0n) is 26.5. The molecule has 0 saturated carbocycles. The Balaban J connectivity index is 1.51. The first-order chi connectivity index (χ1) is 22.9. The number of nitrogens with zero attached hydrogens (tertiary/aromatic N) is 3. The Morgan fingerprint density at radius 1 is 0.830 bits per heavy atom. The summed E-state index contributed by atoms with van der Waals surface area (Å²) in [5, 5.41) is 9.69. The van der Waals surface area contributed by atoms with Crippen LogP contribution in [0.5, 0.6) is 0 Å². The van der Waals surface area contributed by atoms with Gasteiger partial charge in [0.1, 0.15) is 11.4 Å². The zero-order valence-corrected chi connectivity index (χ0v) is 27.2. The first-order valence-corrected chi connectivity index (χ1v) is 16.4. The van der Waals surface area contributed by atoms with Crippen LogP contribution in [-0.4, -0.2) is 40.7 Å². The van der Waals surface area contributed by atoms with Gasteiger partial charge in [0.05, 0.1) is 5.52 Å². The van der Waals surface area contributed by atoms with Gasteiger partial charge in [0.25, 0.3) is 0 Å². The average molecular weight is 643 g/mol. The minimum atomic E-state index is -0.905. The normalized spacial score (nSPS) is 14.4. The molecule has 1 fully saturated rings. The molecular formula is C40H36ClFN4O. The number of hydrogen-bond acceptors (Lipinski definition) is 3. The molecule has 5 aromatic carbocycles. The second-order valence-corrected chi connectivity index (χ2v) is 12.9. The number of likely N-dealkylation sites (tertiary alicyclic amines) is 1. The fourth-order valence-electron chi connectivity index (χ4n) is 6.96. The maximum absolute atomic E-state index is 15.6. The van der Waals surface area contributed by atoms with Crippen molar-refractivity contribution in [3.63, 3.8) is 0 Å². The van der Waals surface area contributed by atoms with Crippen molar-refractivity contribution in [1.29, 1.82) is 0 Å². The van der Waals surface area contributed by atoms with Crippen molar-refractivity contribution in [2.24, 2.45) is 5.92 Å². The molecule has 1 aromatic heterocycles. The van der Waals surface area contributed by atoms with Crippen LogP contribution in [0.15, 0.2) is 121 Å². The van der Waals surface area contributed by atoms with Crippen LogP contribution in [0.1, 0.15) is 35.1 Å². The fraction of sp³-hybridized carbons (Fsp3) is 0.200. The molecule has 0 spiro atoms. The number of hydrogen-bond donors (Lipinski definition) is 1. The molecule has 1 N–H and O–H groups in total. The van der Waals surface area contributed by atoms with Gasteiger partial charge >= 0.3 is 0 Å². The van der Waals surface area contributed by atoms with E-state index in [0.29, 0.717) is 32.9 Å². The Morgan fingerprint density at radius 2 is 1.38 bits per heavy atom. The Bertz CT molecular complexity index is 1940. The molecule has 1 aliphatic rings. The summed E-state index contributed by atoms with van der Waals surface area (Å²) in [4.78, 5) is 16.1. The minimum absolute atomic E-state index is 0.0513. The molecule has 0 atom stereocenters. The number of aryl methyl sites for hydroxylation is 1. The van der Waals surface area contributed by atoms with Crippen LogP contribution < -0.4 is 5.32 Å². The monoisotopic (exact) mass is 642 g/mol. The van der Waals surface area contributed by atoms with Gasteiger partial charge in [0.15, 0.2) is 5.82 Å². The highest BCUT2D eigenvalue weighted by atomic mass is 35.5. The highest BCUT2D eigenvalue weighted by Crippen LogP contribution is 2.44. The largest absolute Gasteiger partial charge is 0.308 e. The third-order valence-corrected chi connectivity index (χ3v) is 9.65. The molecule has 0 bridgehead atoms. The minimum Gasteiger partial charge on any atom is -0.308 e. The zero-order chi connectivity index (χ0) is 32.5. The number of piperidine rings is 1. The van der Waals surface area contributed by atoms with E-state index in [2.05, 4.69) is 53.7 Å². The number of amides is 1. The summed E-state index contributed by atoms with van der Waals surface area (Å²) in [6, 6.07) is 40.0. The van der Waals surface area contributed by atoms with Crippen LogP contribution in [-0.2, 0) is 10.3 Å². The molecule has 1 amide bonds. The van der Waals surface area contributed by atoms with Crippen molar-refractivity contribution < 1.29 is 9.18 Å². The molecule has 1 aliphatic heterocycles. The van der Waals surface area contributed by atoms with E-state index in [1.165, 1.54) is 0 Å². The maximum Gasteiger partial charge on any atom is 0.228 e. The third kappa shape index (κ3) is 5.62. The molecule has 2 heterocycles. The van der Waals surface area contributed by atoms with Crippen molar-refractivity contribution in [2.45, 2.75) is 25.3 Å². The molecule has 0 aliphatic carbocycles. The maximum atomic E-state index is 15.6. The van der Waals surface area contributed by atoms with Gasteiger partial charge in [0, 0.05) is 21.9 Å². The summed E-state index contributed by atoms with van der Waals surface area (Å²) in [5.41, 5.74) is 4.44. The fourth-order valence-corrected chi connectivity index (χ4v) is 7.24. The second kappa shape index (κ2) is 12.8. The number of carbonyl (C=O) groups excluding carboxylic acids is 1. The van der Waals surface area contributed by atoms with E-state index in [4.69, 9.17) is 16.7 Å². The first-order valence-electron chi connectivity index (χ1n) is 16.0. The third-order valence-electron chi connectivity index (χ3n) is 9.43. The van der Waals surface area contributed by atoms with E-state index >= 15 is 4.39 Å². The lowest BCUT2D eigenvalue weighted by Gasteiger charge is -2.37. The van der Waals surface area contributed by atoms with Crippen LogP contribution >= 0.6 is 11.6 Å². The van der Waals surface area contributed by atoms with Gasteiger partial charge in [-0.3, -0.25) is 4.79 Å². The summed E-state index contributed by atoms with van der Waals surface area (Å²) in [7, 11) is 2.08. The standard InChI is InChI=1S/C40H36ClFN4O/c1-27-24-33(41)26-34(37(27)42)29-18-19-36-35(25-29)38(43-39(47)28-20-22-45(2)23-21-28)44-46(36)40(30-12-6-3-7-13-30,31-14-8-4-9-15-31)32-16-10-5-11-17-32/h3-19,24-26,28H,20-23H2,1-2H3,(H,43,44,47). The second-order valence-electron chi connectivity index (χ2n) is 12.5. The van der Waals surface area contributed by atoms with Crippen molar-refractivity contribution >= 4 is 34.2 Å². The van der Waals surface area contributed by atoms with E-state index in [9.17, 15) is 4.79 Å². The first kappa shape index (κ1) is 30.9. The Morgan fingerprint density at radius 3 is 1.94 bits per heavy atom. The van der Waals surface area contributed by atoms with E-state index in [-0.39, 0.29) is 17.6 Å². The van der Waals surface area contributed by atoms with E-state index in [0.717, 1.165) is 48.1 Å². The number of nitrogens with one attached hydrogen (secondary N) is 1.